The fourth-order valence-electron chi connectivity index (χ4n) is 5.58. The molecule has 2 fully saturated rings. The van der Waals surface area contributed by atoms with Crippen molar-refractivity contribution >= 4 is 39.8 Å². The van der Waals surface area contributed by atoms with Crippen molar-refractivity contribution < 1.29 is 14.4 Å². The summed E-state index contributed by atoms with van der Waals surface area (Å²) >= 11 is 1.57. The van der Waals surface area contributed by atoms with Crippen molar-refractivity contribution in [2.24, 2.45) is 11.3 Å². The van der Waals surface area contributed by atoms with Crippen LogP contribution in [0.25, 0.3) is 16.2 Å². The number of imide groups is 1. The minimum atomic E-state index is -0.904. The molecule has 1 aliphatic heterocycles. The van der Waals surface area contributed by atoms with Gasteiger partial charge in [-0.2, -0.15) is 0 Å². The number of urea groups is 1. The number of amides is 4. The molecule has 0 unspecified atom stereocenters. The van der Waals surface area contributed by atoms with Gasteiger partial charge in [0.1, 0.15) is 12.1 Å². The first-order valence-corrected chi connectivity index (χ1v) is 12.0. The van der Waals surface area contributed by atoms with E-state index in [0.29, 0.717) is 24.4 Å². The molecule has 1 aliphatic carbocycles. The Morgan fingerprint density at radius 1 is 1.24 bits per heavy atom. The normalized spacial score (nSPS) is 24.5. The number of anilines is 1. The average Bonchev–Trinajstić information content (AvgIpc) is 3.37. The largest absolute Gasteiger partial charge is 0.325 e. The first kappa shape index (κ1) is 21.6. The van der Waals surface area contributed by atoms with E-state index in [4.69, 9.17) is 0 Å². The summed E-state index contributed by atoms with van der Waals surface area (Å²) in [4.78, 5) is 45.1. The molecule has 33 heavy (non-hydrogen) atoms. The molecule has 2 atom stereocenters. The maximum atomic E-state index is 13.2. The van der Waals surface area contributed by atoms with E-state index in [1.165, 1.54) is 0 Å². The van der Waals surface area contributed by atoms with E-state index < -0.39 is 17.5 Å². The van der Waals surface area contributed by atoms with Gasteiger partial charge in [0, 0.05) is 29.0 Å². The zero-order valence-corrected chi connectivity index (χ0v) is 19.7. The molecule has 2 aromatic heterocycles. The van der Waals surface area contributed by atoms with Gasteiger partial charge in [-0.05, 0) is 42.7 Å². The van der Waals surface area contributed by atoms with Crippen molar-refractivity contribution in [2.45, 2.75) is 45.6 Å². The van der Waals surface area contributed by atoms with Crippen LogP contribution < -0.4 is 10.6 Å². The Labute approximate surface area is 196 Å². The molecule has 172 valence electrons. The molecule has 5 rings (SSSR count). The summed E-state index contributed by atoms with van der Waals surface area (Å²) in [6.45, 7) is 6.04. The van der Waals surface area contributed by atoms with Crippen LogP contribution in [0.4, 0.5) is 10.5 Å². The van der Waals surface area contributed by atoms with Crippen molar-refractivity contribution in [3.63, 3.8) is 0 Å². The Morgan fingerprint density at radius 2 is 2.00 bits per heavy atom. The van der Waals surface area contributed by atoms with Crippen LogP contribution in [-0.4, -0.2) is 44.2 Å². The number of imidazole rings is 1. The minimum absolute atomic E-state index is 0.0508. The van der Waals surface area contributed by atoms with Gasteiger partial charge in [-0.1, -0.05) is 32.9 Å². The average molecular weight is 466 g/mol. The lowest BCUT2D eigenvalue weighted by Gasteiger charge is -2.43. The van der Waals surface area contributed by atoms with Crippen molar-refractivity contribution in [1.82, 2.24) is 19.6 Å². The zero-order valence-electron chi connectivity index (χ0n) is 18.9. The molecule has 4 amide bonds. The minimum Gasteiger partial charge on any atom is -0.325 e. The number of hydrogen-bond donors (Lipinski definition) is 2. The second kappa shape index (κ2) is 7.69. The molecule has 1 saturated heterocycles. The lowest BCUT2D eigenvalue weighted by atomic mass is 9.64. The number of aromatic nitrogens is 2. The van der Waals surface area contributed by atoms with Crippen LogP contribution in [0.3, 0.4) is 0 Å². The van der Waals surface area contributed by atoms with Gasteiger partial charge >= 0.3 is 6.03 Å². The van der Waals surface area contributed by atoms with E-state index in [1.54, 1.807) is 23.5 Å². The van der Waals surface area contributed by atoms with E-state index in [9.17, 15) is 14.4 Å². The zero-order chi connectivity index (χ0) is 23.4. The lowest BCUT2D eigenvalue weighted by molar-refractivity contribution is -0.136. The third-order valence-corrected chi connectivity index (χ3v) is 7.25. The van der Waals surface area contributed by atoms with Gasteiger partial charge in [-0.25, -0.2) is 9.78 Å². The summed E-state index contributed by atoms with van der Waals surface area (Å²) in [7, 11) is 0. The molecule has 3 aromatic rings. The third kappa shape index (κ3) is 4.01. The van der Waals surface area contributed by atoms with Crippen LogP contribution in [0.15, 0.2) is 42.0 Å². The number of rotatable bonds is 4. The van der Waals surface area contributed by atoms with Crippen LogP contribution in [0.5, 0.6) is 0 Å². The molecule has 2 aliphatic rings. The first-order valence-electron chi connectivity index (χ1n) is 11.1. The summed E-state index contributed by atoms with van der Waals surface area (Å²) < 4.78 is 1.97. The highest BCUT2D eigenvalue weighted by Gasteiger charge is 2.56. The van der Waals surface area contributed by atoms with Gasteiger partial charge in [0.15, 0.2) is 4.96 Å². The van der Waals surface area contributed by atoms with Gasteiger partial charge < -0.3 is 10.6 Å². The van der Waals surface area contributed by atoms with Gasteiger partial charge in [-0.15, -0.1) is 11.3 Å². The smallest absolute Gasteiger partial charge is 0.325 e. The molecule has 9 heteroatoms. The van der Waals surface area contributed by atoms with Crippen molar-refractivity contribution in [1.29, 1.82) is 0 Å². The van der Waals surface area contributed by atoms with Crippen LogP contribution in [0, 0.1) is 11.3 Å². The van der Waals surface area contributed by atoms with Gasteiger partial charge in [0.05, 0.1) is 5.69 Å². The quantitative estimate of drug-likeness (QED) is 0.566. The molecule has 2 N–H and O–H groups in total. The molecule has 3 heterocycles. The van der Waals surface area contributed by atoms with Crippen LogP contribution in [0.2, 0.25) is 0 Å². The first-order chi connectivity index (χ1) is 15.6. The molecule has 0 bridgehead atoms. The van der Waals surface area contributed by atoms with Crippen molar-refractivity contribution in [2.75, 3.05) is 11.9 Å². The topological polar surface area (TPSA) is 95.8 Å². The number of thiazole rings is 1. The SMILES string of the molecule is C[C@H]1CC(C)(C)C[C@@]2(C1)NC(=O)N(CC(=O)Nc1ccc(-c3cn4ccsc4n3)cc1)C2=O. The molecule has 1 aromatic carbocycles. The number of benzene rings is 1. The number of nitrogens with one attached hydrogen (secondary N) is 2. The molecule has 8 nitrogen and oxygen atoms in total. The number of hydrogen-bond acceptors (Lipinski definition) is 5. The molecule has 0 radical (unpaired) electrons. The summed E-state index contributed by atoms with van der Waals surface area (Å²) in [5, 5.41) is 7.68. The fraction of sp³-hybridized carbons (Fsp3) is 0.417. The second-order valence-electron chi connectivity index (χ2n) is 10.1. The highest BCUT2D eigenvalue weighted by Crippen LogP contribution is 2.46. The fourth-order valence-corrected chi connectivity index (χ4v) is 6.28. The van der Waals surface area contributed by atoms with Gasteiger partial charge in [0.25, 0.3) is 5.91 Å². The van der Waals surface area contributed by atoms with Crippen LogP contribution in [-0.2, 0) is 9.59 Å². The Hall–Kier alpha value is -3.20. The Morgan fingerprint density at radius 3 is 2.70 bits per heavy atom. The summed E-state index contributed by atoms with van der Waals surface area (Å²) in [5.41, 5.74) is 1.44. The van der Waals surface area contributed by atoms with E-state index in [-0.39, 0.29) is 17.9 Å². The van der Waals surface area contributed by atoms with E-state index >= 15 is 0 Å². The maximum absolute atomic E-state index is 13.2. The van der Waals surface area contributed by atoms with Crippen LogP contribution in [0.1, 0.15) is 40.0 Å². The van der Waals surface area contributed by atoms with Gasteiger partial charge in [0.2, 0.25) is 5.91 Å². The molecular weight excluding hydrogens is 438 g/mol. The Kier molecular flexibility index (Phi) is 5.04. The van der Waals surface area contributed by atoms with Crippen molar-refractivity contribution in [3.05, 3.63) is 42.0 Å². The highest BCUT2D eigenvalue weighted by atomic mass is 32.1. The Balaban J connectivity index is 1.25. The molecule has 1 spiro atoms. The number of carbonyl (C=O) groups excluding carboxylic acids is 3. The maximum Gasteiger partial charge on any atom is 0.325 e. The highest BCUT2D eigenvalue weighted by molar-refractivity contribution is 7.15. The predicted octanol–water partition coefficient (Wildman–Crippen LogP) is 4.14. The number of carbonyl (C=O) groups is 3. The van der Waals surface area contributed by atoms with Crippen LogP contribution >= 0.6 is 11.3 Å². The second-order valence-corrected chi connectivity index (χ2v) is 11.0. The van der Waals surface area contributed by atoms with E-state index in [1.807, 2.05) is 34.3 Å². The summed E-state index contributed by atoms with van der Waals surface area (Å²) in [5.74, 6) is -0.386. The van der Waals surface area contributed by atoms with Crippen molar-refractivity contribution in [3.8, 4) is 11.3 Å². The monoisotopic (exact) mass is 465 g/mol. The Bertz CT molecular complexity index is 1220. The van der Waals surface area contributed by atoms with E-state index in [0.717, 1.165) is 27.5 Å². The third-order valence-electron chi connectivity index (χ3n) is 6.48. The summed E-state index contributed by atoms with van der Waals surface area (Å²) in [6.07, 6.45) is 6.11. The predicted molar refractivity (Wildman–Crippen MR) is 127 cm³/mol. The lowest BCUT2D eigenvalue weighted by Crippen LogP contribution is -2.54. The summed E-state index contributed by atoms with van der Waals surface area (Å²) in [6, 6.07) is 6.86. The number of fused-ring (bicyclic) bond motifs is 1. The van der Waals surface area contributed by atoms with Gasteiger partial charge in [-0.3, -0.25) is 18.9 Å². The molecule has 1 saturated carbocycles. The number of nitrogens with zero attached hydrogens (tertiary/aromatic N) is 3. The van der Waals surface area contributed by atoms with E-state index in [2.05, 4.69) is 36.4 Å². The standard InChI is InChI=1S/C24H27N5O3S/c1-15-10-23(2,3)14-24(11-15)20(31)29(21(32)27-24)13-19(30)25-17-6-4-16(5-7-17)18-12-28-8-9-33-22(28)26-18/h4-9,12,15H,10-11,13-14H2,1-3H3,(H,25,30)(H,27,32)/t15-,24+/m0/s1. The molecular formula is C24H27N5O3S.